The lowest BCUT2D eigenvalue weighted by atomic mass is 9.63. The SMILES string of the molecule is CCOc1cc(C2C3=C(CC(C)(C)CC3=O)N(CCCOC)C3=C2C(=O)CC(C)(C)C3)cc(I)c1OCc1ccc(C)c(C)c1. The minimum absolute atomic E-state index is 0.134. The first-order valence-corrected chi connectivity index (χ1v) is 17.3. The van der Waals surface area contributed by atoms with Gasteiger partial charge in [0.1, 0.15) is 6.61 Å². The molecule has 0 N–H and O–H groups in total. The number of hydrogen-bond donors (Lipinski definition) is 0. The molecule has 1 aliphatic heterocycles. The van der Waals surface area contributed by atoms with Gasteiger partial charge < -0.3 is 19.1 Å². The normalized spacial score (nSPS) is 19.5. The minimum Gasteiger partial charge on any atom is -0.490 e. The monoisotopic (exact) mass is 725 g/mol. The molecule has 0 aromatic heterocycles. The first kappa shape index (κ1) is 33.7. The van der Waals surface area contributed by atoms with Gasteiger partial charge in [-0.1, -0.05) is 45.9 Å². The van der Waals surface area contributed by atoms with Gasteiger partial charge in [0.15, 0.2) is 23.1 Å². The van der Waals surface area contributed by atoms with E-state index in [9.17, 15) is 9.59 Å². The maximum absolute atomic E-state index is 14.2. The predicted molar refractivity (Wildman–Crippen MR) is 187 cm³/mol. The Bertz CT molecular complexity index is 1510. The average Bonchev–Trinajstić information content (AvgIpc) is 2.93. The maximum atomic E-state index is 14.2. The summed E-state index contributed by atoms with van der Waals surface area (Å²) in [7, 11) is 1.72. The van der Waals surface area contributed by atoms with Crippen LogP contribution in [0.4, 0.5) is 0 Å². The van der Waals surface area contributed by atoms with Gasteiger partial charge >= 0.3 is 0 Å². The number of carbonyl (C=O) groups excluding carboxylic acids is 2. The molecule has 0 bridgehead atoms. The molecule has 0 fully saturated rings. The van der Waals surface area contributed by atoms with Crippen molar-refractivity contribution in [2.24, 2.45) is 10.8 Å². The van der Waals surface area contributed by atoms with Crippen LogP contribution in [0.2, 0.25) is 0 Å². The molecule has 2 aromatic rings. The Morgan fingerprint density at radius 1 is 0.867 bits per heavy atom. The van der Waals surface area contributed by atoms with Crippen LogP contribution in [-0.4, -0.2) is 43.3 Å². The Balaban J connectivity index is 1.65. The van der Waals surface area contributed by atoms with Crippen LogP contribution < -0.4 is 9.47 Å². The van der Waals surface area contributed by atoms with Crippen molar-refractivity contribution in [2.75, 3.05) is 26.9 Å². The highest BCUT2D eigenvalue weighted by atomic mass is 127. The summed E-state index contributed by atoms with van der Waals surface area (Å²) in [6.07, 6.45) is 3.31. The van der Waals surface area contributed by atoms with Gasteiger partial charge in [-0.05, 0) is 108 Å². The van der Waals surface area contributed by atoms with Gasteiger partial charge in [-0.2, -0.15) is 0 Å². The van der Waals surface area contributed by atoms with Crippen molar-refractivity contribution in [1.29, 1.82) is 0 Å². The second-order valence-electron chi connectivity index (χ2n) is 14.5. The number of rotatable bonds is 10. The number of halogens is 1. The molecular formula is C38H48INO5. The molecule has 0 radical (unpaired) electrons. The second kappa shape index (κ2) is 13.2. The van der Waals surface area contributed by atoms with Crippen molar-refractivity contribution in [3.63, 3.8) is 0 Å². The highest BCUT2D eigenvalue weighted by Crippen LogP contribution is 2.55. The van der Waals surface area contributed by atoms with Crippen molar-refractivity contribution in [1.82, 2.24) is 4.90 Å². The lowest BCUT2D eigenvalue weighted by Gasteiger charge is -2.49. The highest BCUT2D eigenvalue weighted by molar-refractivity contribution is 14.1. The number of ether oxygens (including phenoxy) is 3. The van der Waals surface area contributed by atoms with Gasteiger partial charge in [0.05, 0.1) is 10.2 Å². The van der Waals surface area contributed by atoms with Crippen LogP contribution in [0.5, 0.6) is 11.5 Å². The molecule has 0 atom stereocenters. The van der Waals surface area contributed by atoms with E-state index in [-0.39, 0.29) is 22.4 Å². The molecule has 0 saturated heterocycles. The summed E-state index contributed by atoms with van der Waals surface area (Å²) in [4.78, 5) is 30.7. The average molecular weight is 726 g/mol. The predicted octanol–water partition coefficient (Wildman–Crippen LogP) is 8.61. The lowest BCUT2D eigenvalue weighted by Crippen LogP contribution is -2.44. The summed E-state index contributed by atoms with van der Waals surface area (Å²) >= 11 is 2.31. The Hall–Kier alpha value is -2.65. The third-order valence-electron chi connectivity index (χ3n) is 9.37. The Labute approximate surface area is 282 Å². The maximum Gasteiger partial charge on any atom is 0.174 e. The van der Waals surface area contributed by atoms with Gasteiger partial charge in [0.25, 0.3) is 0 Å². The van der Waals surface area contributed by atoms with Crippen molar-refractivity contribution in [3.8, 4) is 11.5 Å². The van der Waals surface area contributed by atoms with Crippen LogP contribution in [0.15, 0.2) is 52.9 Å². The van der Waals surface area contributed by atoms with E-state index in [1.165, 1.54) is 11.1 Å². The molecule has 6 nitrogen and oxygen atoms in total. The molecule has 3 aliphatic rings. The first-order valence-electron chi connectivity index (χ1n) is 16.2. The van der Waals surface area contributed by atoms with E-state index in [4.69, 9.17) is 14.2 Å². The largest absolute Gasteiger partial charge is 0.490 e. The molecule has 0 spiro atoms. The summed E-state index contributed by atoms with van der Waals surface area (Å²) in [5.74, 6) is 1.17. The number of carbonyl (C=O) groups is 2. The number of allylic oxidation sites excluding steroid dienone is 4. The van der Waals surface area contributed by atoms with Gasteiger partial charge in [0, 0.05) is 61.6 Å². The first-order chi connectivity index (χ1) is 21.2. The van der Waals surface area contributed by atoms with Crippen molar-refractivity contribution in [2.45, 2.75) is 93.1 Å². The van der Waals surface area contributed by atoms with E-state index in [1.807, 2.05) is 13.0 Å². The van der Waals surface area contributed by atoms with E-state index in [2.05, 4.69) is 93.3 Å². The zero-order valence-corrected chi connectivity index (χ0v) is 30.4. The Kier molecular flexibility index (Phi) is 9.91. The lowest BCUT2D eigenvalue weighted by molar-refractivity contribution is -0.119. The van der Waals surface area contributed by atoms with Crippen molar-refractivity contribution >= 4 is 34.2 Å². The summed E-state index contributed by atoms with van der Waals surface area (Å²) < 4.78 is 18.9. The highest BCUT2D eigenvalue weighted by Gasteiger charge is 2.49. The molecule has 7 heteroatoms. The molecule has 2 aromatic carbocycles. The van der Waals surface area contributed by atoms with Crippen LogP contribution in [0.3, 0.4) is 0 Å². The van der Waals surface area contributed by atoms with Crippen LogP contribution in [0, 0.1) is 28.2 Å². The molecule has 45 heavy (non-hydrogen) atoms. The van der Waals surface area contributed by atoms with E-state index in [0.29, 0.717) is 44.2 Å². The van der Waals surface area contributed by atoms with Crippen molar-refractivity contribution < 1.29 is 23.8 Å². The Morgan fingerprint density at radius 3 is 2.04 bits per heavy atom. The zero-order valence-electron chi connectivity index (χ0n) is 28.2. The third-order valence-corrected chi connectivity index (χ3v) is 10.2. The fourth-order valence-corrected chi connectivity index (χ4v) is 8.01. The fourth-order valence-electron chi connectivity index (χ4n) is 7.22. The number of Topliss-reactive ketones (excluding diaryl/α,β-unsaturated/α-hetero) is 2. The Morgan fingerprint density at radius 2 is 1.49 bits per heavy atom. The van der Waals surface area contributed by atoms with E-state index in [0.717, 1.165) is 63.0 Å². The molecule has 2 aliphatic carbocycles. The van der Waals surface area contributed by atoms with Gasteiger partial charge in [-0.3, -0.25) is 9.59 Å². The van der Waals surface area contributed by atoms with Crippen molar-refractivity contribution in [3.05, 3.63) is 78.7 Å². The smallest absolute Gasteiger partial charge is 0.174 e. The molecule has 242 valence electrons. The third kappa shape index (κ3) is 7.04. The number of hydrogen-bond acceptors (Lipinski definition) is 6. The number of nitrogens with zero attached hydrogens (tertiary/aromatic N) is 1. The van der Waals surface area contributed by atoms with Gasteiger partial charge in [0.2, 0.25) is 0 Å². The van der Waals surface area contributed by atoms with Crippen LogP contribution >= 0.6 is 22.6 Å². The number of aryl methyl sites for hydroxylation is 2. The molecule has 1 heterocycles. The number of benzene rings is 2. The molecule has 0 saturated carbocycles. The topological polar surface area (TPSA) is 65.1 Å². The van der Waals surface area contributed by atoms with Gasteiger partial charge in [-0.25, -0.2) is 0 Å². The quantitative estimate of drug-likeness (QED) is 0.181. The number of ketones is 2. The fraction of sp³-hybridized carbons (Fsp3) is 0.526. The summed E-state index contributed by atoms with van der Waals surface area (Å²) in [6.45, 7) is 17.1. The molecular weight excluding hydrogens is 677 g/mol. The molecule has 5 rings (SSSR count). The van der Waals surface area contributed by atoms with Crippen LogP contribution in [-0.2, 0) is 20.9 Å². The summed E-state index contributed by atoms with van der Waals surface area (Å²) in [5.41, 5.74) is 7.87. The second-order valence-corrected chi connectivity index (χ2v) is 15.7. The standard InChI is InChI=1S/C38H48INO5/c1-9-44-32-17-26(16-27(39)36(32)45-22-25-12-11-23(2)24(3)15-25)33-34-28(18-37(4,5)20-30(34)41)40(13-10-14-43-8)29-19-38(6,7)21-31(42)35(29)33/h11-12,15-17,33H,9-10,13-14,18-22H2,1-8H3. The summed E-state index contributed by atoms with van der Waals surface area (Å²) in [6, 6.07) is 10.5. The van der Waals surface area contributed by atoms with E-state index in [1.54, 1.807) is 7.11 Å². The molecule has 0 unspecified atom stereocenters. The minimum atomic E-state index is -0.428. The van der Waals surface area contributed by atoms with Crippen LogP contribution in [0.25, 0.3) is 0 Å². The number of methoxy groups -OCH3 is 1. The molecule has 0 amide bonds. The van der Waals surface area contributed by atoms with E-state index < -0.39 is 5.92 Å². The zero-order chi connectivity index (χ0) is 32.7. The van der Waals surface area contributed by atoms with E-state index >= 15 is 0 Å². The van der Waals surface area contributed by atoms with Crippen LogP contribution in [0.1, 0.15) is 94.9 Å². The summed E-state index contributed by atoms with van der Waals surface area (Å²) in [5, 5.41) is 0. The van der Waals surface area contributed by atoms with Gasteiger partial charge in [-0.15, -0.1) is 0 Å².